The zero-order valence-electron chi connectivity index (χ0n) is 9.49. The second-order valence-electron chi connectivity index (χ2n) is 4.69. The molecule has 3 rings (SSSR count). The van der Waals surface area contributed by atoms with E-state index in [0.717, 1.165) is 37.2 Å². The molecule has 1 aromatic rings. The van der Waals surface area contributed by atoms with Crippen LogP contribution >= 0.6 is 0 Å². The van der Waals surface area contributed by atoms with Crippen LogP contribution in [0.1, 0.15) is 23.2 Å². The molecule has 3 heteroatoms. The van der Waals surface area contributed by atoms with Gasteiger partial charge in [-0.2, -0.15) is 0 Å². The lowest BCUT2D eigenvalue weighted by Crippen LogP contribution is -2.54. The number of rotatable bonds is 0. The summed E-state index contributed by atoms with van der Waals surface area (Å²) in [4.78, 5) is 14.7. The zero-order valence-corrected chi connectivity index (χ0v) is 9.49. The fourth-order valence-corrected chi connectivity index (χ4v) is 2.99. The minimum atomic E-state index is -0.269. The molecule has 0 unspecified atom stereocenters. The number of nitrogens with one attached hydrogen (secondary N) is 1. The number of anilines is 1. The zero-order chi connectivity index (χ0) is 11.2. The molecule has 0 radical (unpaired) electrons. The summed E-state index contributed by atoms with van der Waals surface area (Å²) in [5.41, 5.74) is 1.72. The summed E-state index contributed by atoms with van der Waals surface area (Å²) in [6.45, 7) is 1.87. The first kappa shape index (κ1) is 9.85. The van der Waals surface area contributed by atoms with Gasteiger partial charge >= 0.3 is 0 Å². The number of hydrogen-bond donors (Lipinski definition) is 1. The van der Waals surface area contributed by atoms with Crippen LogP contribution in [0.3, 0.4) is 0 Å². The summed E-state index contributed by atoms with van der Waals surface area (Å²) in [7, 11) is 2.05. The quantitative estimate of drug-likeness (QED) is 0.712. The average molecular weight is 216 g/mol. The van der Waals surface area contributed by atoms with Gasteiger partial charge in [0.2, 0.25) is 0 Å². The van der Waals surface area contributed by atoms with Crippen molar-refractivity contribution in [2.45, 2.75) is 18.4 Å². The van der Waals surface area contributed by atoms with Gasteiger partial charge in [-0.1, -0.05) is 12.1 Å². The van der Waals surface area contributed by atoms with E-state index >= 15 is 0 Å². The Kier molecular flexibility index (Phi) is 2.04. The molecule has 0 bridgehead atoms. The summed E-state index contributed by atoms with van der Waals surface area (Å²) < 4.78 is 0. The topological polar surface area (TPSA) is 32.3 Å². The van der Waals surface area contributed by atoms with Gasteiger partial charge in [0.1, 0.15) is 5.54 Å². The van der Waals surface area contributed by atoms with Gasteiger partial charge in [-0.15, -0.1) is 0 Å². The highest BCUT2D eigenvalue weighted by Crippen LogP contribution is 2.41. The summed E-state index contributed by atoms with van der Waals surface area (Å²) in [5, 5.41) is 3.32. The molecule has 0 amide bonds. The van der Waals surface area contributed by atoms with Crippen LogP contribution in [-0.4, -0.2) is 31.5 Å². The lowest BCUT2D eigenvalue weighted by Gasteiger charge is -2.39. The van der Waals surface area contributed by atoms with E-state index < -0.39 is 0 Å². The van der Waals surface area contributed by atoms with Crippen molar-refractivity contribution in [2.75, 3.05) is 25.0 Å². The third kappa shape index (κ3) is 1.09. The SMILES string of the molecule is CN1c2ccccc2C(=O)C12CCNCC2. The monoisotopic (exact) mass is 216 g/mol. The number of carbonyl (C=O) groups is 1. The third-order valence-electron chi connectivity index (χ3n) is 4.01. The number of carbonyl (C=O) groups excluding carboxylic acids is 1. The Morgan fingerprint density at radius 3 is 2.62 bits per heavy atom. The van der Waals surface area contributed by atoms with E-state index in [2.05, 4.69) is 17.3 Å². The predicted octanol–water partition coefficient (Wildman–Crippen LogP) is 1.44. The van der Waals surface area contributed by atoms with E-state index in [9.17, 15) is 4.79 Å². The molecule has 2 aliphatic rings. The first-order valence-corrected chi connectivity index (χ1v) is 5.84. The van der Waals surface area contributed by atoms with E-state index in [1.807, 2.05) is 24.3 Å². The molecule has 1 aromatic carbocycles. The van der Waals surface area contributed by atoms with Crippen molar-refractivity contribution < 1.29 is 4.79 Å². The number of fused-ring (bicyclic) bond motifs is 1. The maximum atomic E-state index is 12.5. The number of nitrogens with zero attached hydrogens (tertiary/aromatic N) is 1. The van der Waals surface area contributed by atoms with Crippen molar-refractivity contribution in [1.29, 1.82) is 0 Å². The number of Topliss-reactive ketones (excluding diaryl/α,β-unsaturated/α-hetero) is 1. The number of hydrogen-bond acceptors (Lipinski definition) is 3. The molecule has 16 heavy (non-hydrogen) atoms. The predicted molar refractivity (Wildman–Crippen MR) is 64.0 cm³/mol. The molecule has 0 aliphatic carbocycles. The van der Waals surface area contributed by atoms with Gasteiger partial charge in [-0.05, 0) is 38.1 Å². The molecule has 1 spiro atoms. The van der Waals surface area contributed by atoms with Crippen molar-refractivity contribution >= 4 is 11.5 Å². The van der Waals surface area contributed by atoms with E-state index in [1.54, 1.807) is 0 Å². The molecular formula is C13H16N2O. The summed E-state index contributed by atoms with van der Waals surface area (Å²) in [6.07, 6.45) is 1.83. The van der Waals surface area contributed by atoms with Crippen LogP contribution in [0.15, 0.2) is 24.3 Å². The fourth-order valence-electron chi connectivity index (χ4n) is 2.99. The van der Waals surface area contributed by atoms with Crippen LogP contribution in [0.25, 0.3) is 0 Å². The second kappa shape index (κ2) is 3.32. The lowest BCUT2D eigenvalue weighted by molar-refractivity contribution is 0.0871. The number of piperidine rings is 1. The Balaban J connectivity index is 2.09. The van der Waals surface area contributed by atoms with Gasteiger partial charge < -0.3 is 10.2 Å². The fraction of sp³-hybridized carbons (Fsp3) is 0.462. The van der Waals surface area contributed by atoms with E-state index in [-0.39, 0.29) is 5.54 Å². The Bertz CT molecular complexity index is 435. The van der Waals surface area contributed by atoms with Gasteiger partial charge in [-0.3, -0.25) is 4.79 Å². The molecule has 1 fully saturated rings. The van der Waals surface area contributed by atoms with Crippen LogP contribution < -0.4 is 10.2 Å². The van der Waals surface area contributed by atoms with Crippen LogP contribution in [-0.2, 0) is 0 Å². The van der Waals surface area contributed by atoms with E-state index in [0.29, 0.717) is 5.78 Å². The van der Waals surface area contributed by atoms with Gasteiger partial charge in [0.05, 0.1) is 0 Å². The smallest absolute Gasteiger partial charge is 0.190 e. The van der Waals surface area contributed by atoms with E-state index in [1.165, 1.54) is 0 Å². The average Bonchev–Trinajstić information content (AvgIpc) is 2.55. The van der Waals surface area contributed by atoms with Crippen LogP contribution in [0.5, 0.6) is 0 Å². The summed E-state index contributed by atoms with van der Waals surface area (Å²) >= 11 is 0. The standard InChI is InChI=1S/C13H16N2O/c1-15-11-5-3-2-4-10(11)12(16)13(15)6-8-14-9-7-13/h2-5,14H,6-9H2,1H3. The molecular weight excluding hydrogens is 200 g/mol. The first-order valence-electron chi connectivity index (χ1n) is 5.84. The Hall–Kier alpha value is -1.35. The van der Waals surface area contributed by atoms with Gasteiger partial charge in [-0.25, -0.2) is 0 Å². The Morgan fingerprint density at radius 2 is 1.94 bits per heavy atom. The van der Waals surface area contributed by atoms with Crippen molar-refractivity contribution in [2.24, 2.45) is 0 Å². The minimum absolute atomic E-state index is 0.269. The highest BCUT2D eigenvalue weighted by Gasteiger charge is 2.49. The summed E-state index contributed by atoms with van der Waals surface area (Å²) in [6, 6.07) is 7.95. The molecule has 3 nitrogen and oxygen atoms in total. The molecule has 0 atom stereocenters. The Morgan fingerprint density at radius 1 is 1.25 bits per heavy atom. The molecule has 2 heterocycles. The summed E-state index contributed by atoms with van der Waals surface area (Å²) in [5.74, 6) is 0.312. The van der Waals surface area contributed by atoms with Crippen molar-refractivity contribution in [3.05, 3.63) is 29.8 Å². The number of ketones is 1. The lowest BCUT2D eigenvalue weighted by atomic mass is 9.83. The van der Waals surface area contributed by atoms with Crippen molar-refractivity contribution in [1.82, 2.24) is 5.32 Å². The molecule has 0 aromatic heterocycles. The van der Waals surface area contributed by atoms with Gasteiger partial charge in [0.25, 0.3) is 0 Å². The molecule has 1 saturated heterocycles. The van der Waals surface area contributed by atoms with Gasteiger partial charge in [0.15, 0.2) is 5.78 Å². The molecule has 2 aliphatic heterocycles. The molecule has 1 N–H and O–H groups in total. The van der Waals surface area contributed by atoms with Gasteiger partial charge in [0, 0.05) is 18.3 Å². The van der Waals surface area contributed by atoms with E-state index in [4.69, 9.17) is 0 Å². The Labute approximate surface area is 95.4 Å². The van der Waals surface area contributed by atoms with Crippen LogP contribution in [0, 0.1) is 0 Å². The number of para-hydroxylation sites is 1. The number of likely N-dealkylation sites (N-methyl/N-ethyl adjacent to an activating group) is 1. The second-order valence-corrected chi connectivity index (χ2v) is 4.69. The van der Waals surface area contributed by atoms with Crippen molar-refractivity contribution in [3.63, 3.8) is 0 Å². The normalized spacial score (nSPS) is 22.6. The maximum absolute atomic E-state index is 12.5. The molecule has 84 valence electrons. The largest absolute Gasteiger partial charge is 0.361 e. The molecule has 0 saturated carbocycles. The van der Waals surface area contributed by atoms with Crippen molar-refractivity contribution in [3.8, 4) is 0 Å². The highest BCUT2D eigenvalue weighted by atomic mass is 16.1. The maximum Gasteiger partial charge on any atom is 0.190 e. The minimum Gasteiger partial charge on any atom is -0.361 e. The highest BCUT2D eigenvalue weighted by molar-refractivity contribution is 6.13. The third-order valence-corrected chi connectivity index (χ3v) is 4.01. The first-order chi connectivity index (χ1) is 7.76. The number of benzene rings is 1. The van der Waals surface area contributed by atoms with Crippen LogP contribution in [0.2, 0.25) is 0 Å². The van der Waals surface area contributed by atoms with Crippen LogP contribution in [0.4, 0.5) is 5.69 Å².